The zero-order valence-electron chi connectivity index (χ0n) is 13.2. The molecule has 0 saturated carbocycles. The van der Waals surface area contributed by atoms with Crippen molar-refractivity contribution in [2.75, 3.05) is 5.32 Å². The molecule has 2 heterocycles. The highest BCUT2D eigenvalue weighted by molar-refractivity contribution is 7.13. The second kappa shape index (κ2) is 6.76. The van der Waals surface area contributed by atoms with E-state index in [4.69, 9.17) is 0 Å². The molecule has 0 fully saturated rings. The van der Waals surface area contributed by atoms with Crippen LogP contribution in [0.4, 0.5) is 9.52 Å². The van der Waals surface area contributed by atoms with E-state index in [1.807, 2.05) is 13.8 Å². The number of nitrogens with zero attached hydrogens (tertiary/aromatic N) is 3. The number of rotatable bonds is 4. The first-order valence-electron chi connectivity index (χ1n) is 7.25. The van der Waals surface area contributed by atoms with Gasteiger partial charge in [0.15, 0.2) is 5.13 Å². The molecule has 0 spiro atoms. The first-order valence-corrected chi connectivity index (χ1v) is 8.13. The van der Waals surface area contributed by atoms with E-state index < -0.39 is 0 Å². The van der Waals surface area contributed by atoms with Crippen LogP contribution in [0, 0.1) is 19.7 Å². The van der Waals surface area contributed by atoms with Crippen molar-refractivity contribution in [3.05, 3.63) is 64.7 Å². The van der Waals surface area contributed by atoms with E-state index in [2.05, 4.69) is 15.4 Å². The maximum Gasteiger partial charge on any atom is 0.250 e. The zero-order valence-corrected chi connectivity index (χ0v) is 14.0. The van der Waals surface area contributed by atoms with Crippen molar-refractivity contribution >= 4 is 28.5 Å². The number of anilines is 1. The quantitative estimate of drug-likeness (QED) is 0.735. The molecule has 3 rings (SSSR count). The summed E-state index contributed by atoms with van der Waals surface area (Å²) >= 11 is 1.36. The first-order chi connectivity index (χ1) is 11.5. The van der Waals surface area contributed by atoms with Gasteiger partial charge in [-0.1, -0.05) is 0 Å². The van der Waals surface area contributed by atoms with Gasteiger partial charge in [-0.2, -0.15) is 5.10 Å². The minimum Gasteiger partial charge on any atom is -0.298 e. The van der Waals surface area contributed by atoms with Crippen molar-refractivity contribution in [2.45, 2.75) is 13.8 Å². The lowest BCUT2D eigenvalue weighted by Crippen LogP contribution is -2.07. The molecule has 7 heteroatoms. The summed E-state index contributed by atoms with van der Waals surface area (Å²) in [5.41, 5.74) is 3.28. The van der Waals surface area contributed by atoms with Crippen molar-refractivity contribution in [2.24, 2.45) is 0 Å². The molecule has 122 valence electrons. The molecule has 1 N–H and O–H groups in total. The van der Waals surface area contributed by atoms with Crippen LogP contribution in [0.1, 0.15) is 17.0 Å². The SMILES string of the molecule is Cc1nn(-c2ccc(F)cc2)c(C)c1/C=C/C(=O)Nc1nccs1. The molecule has 0 aliphatic rings. The number of nitrogens with one attached hydrogen (secondary N) is 1. The fourth-order valence-corrected chi connectivity index (χ4v) is 2.85. The molecule has 3 aromatic rings. The van der Waals surface area contributed by atoms with Crippen molar-refractivity contribution in [1.29, 1.82) is 0 Å². The summed E-state index contributed by atoms with van der Waals surface area (Å²) in [7, 11) is 0. The molecule has 0 saturated heterocycles. The fraction of sp³-hybridized carbons (Fsp3) is 0.118. The molecular weight excluding hydrogens is 327 g/mol. The van der Waals surface area contributed by atoms with Gasteiger partial charge in [-0.15, -0.1) is 11.3 Å². The molecule has 2 aromatic heterocycles. The summed E-state index contributed by atoms with van der Waals surface area (Å²) in [5.74, 6) is -0.544. The number of benzene rings is 1. The van der Waals surface area contributed by atoms with Crippen LogP contribution in [0.15, 0.2) is 41.9 Å². The summed E-state index contributed by atoms with van der Waals surface area (Å²) in [6.07, 6.45) is 4.80. The van der Waals surface area contributed by atoms with Gasteiger partial charge in [-0.05, 0) is 44.2 Å². The molecule has 0 aliphatic carbocycles. The Hall–Kier alpha value is -2.80. The number of carbonyl (C=O) groups excluding carboxylic acids is 1. The Morgan fingerprint density at radius 3 is 2.71 bits per heavy atom. The van der Waals surface area contributed by atoms with Gasteiger partial charge < -0.3 is 0 Å². The Bertz CT molecular complexity index is 882. The Morgan fingerprint density at radius 1 is 1.29 bits per heavy atom. The number of aryl methyl sites for hydroxylation is 1. The van der Waals surface area contributed by atoms with Crippen LogP contribution >= 0.6 is 11.3 Å². The van der Waals surface area contributed by atoms with Crippen LogP contribution in [-0.4, -0.2) is 20.7 Å². The highest BCUT2D eigenvalue weighted by atomic mass is 32.1. The second-order valence-electron chi connectivity index (χ2n) is 5.13. The predicted octanol–water partition coefficient (Wildman–Crippen LogP) is 3.74. The number of aromatic nitrogens is 3. The number of hydrogen-bond donors (Lipinski definition) is 1. The molecule has 5 nitrogen and oxygen atoms in total. The lowest BCUT2D eigenvalue weighted by atomic mass is 10.2. The van der Waals surface area contributed by atoms with E-state index in [9.17, 15) is 9.18 Å². The lowest BCUT2D eigenvalue weighted by Gasteiger charge is -2.04. The van der Waals surface area contributed by atoms with E-state index in [0.717, 1.165) is 22.6 Å². The minimum absolute atomic E-state index is 0.252. The van der Waals surface area contributed by atoms with Gasteiger partial charge in [0, 0.05) is 28.9 Å². The van der Waals surface area contributed by atoms with Crippen LogP contribution in [0.3, 0.4) is 0 Å². The molecule has 0 unspecified atom stereocenters. The number of hydrogen-bond acceptors (Lipinski definition) is 4. The smallest absolute Gasteiger partial charge is 0.250 e. The fourth-order valence-electron chi connectivity index (χ4n) is 2.32. The molecule has 0 atom stereocenters. The maximum atomic E-state index is 13.1. The van der Waals surface area contributed by atoms with Gasteiger partial charge >= 0.3 is 0 Å². The van der Waals surface area contributed by atoms with Gasteiger partial charge in [-0.3, -0.25) is 10.1 Å². The van der Waals surface area contributed by atoms with E-state index >= 15 is 0 Å². The molecule has 0 bridgehead atoms. The minimum atomic E-state index is -0.292. The van der Waals surface area contributed by atoms with Gasteiger partial charge in [-0.25, -0.2) is 14.1 Å². The first kappa shape index (κ1) is 16.1. The second-order valence-corrected chi connectivity index (χ2v) is 6.03. The van der Waals surface area contributed by atoms with Crippen LogP contribution in [-0.2, 0) is 4.79 Å². The Morgan fingerprint density at radius 2 is 2.04 bits per heavy atom. The lowest BCUT2D eigenvalue weighted by molar-refractivity contribution is -0.111. The van der Waals surface area contributed by atoms with Crippen LogP contribution in [0.5, 0.6) is 0 Å². The highest BCUT2D eigenvalue weighted by Gasteiger charge is 2.11. The van der Waals surface area contributed by atoms with Crippen LogP contribution in [0.2, 0.25) is 0 Å². The highest BCUT2D eigenvalue weighted by Crippen LogP contribution is 2.19. The van der Waals surface area contributed by atoms with E-state index in [0.29, 0.717) is 5.13 Å². The summed E-state index contributed by atoms with van der Waals surface area (Å²) in [5, 5.41) is 9.50. The molecule has 1 aromatic carbocycles. The third-order valence-corrected chi connectivity index (χ3v) is 4.17. The Labute approximate surface area is 142 Å². The van der Waals surface area contributed by atoms with Gasteiger partial charge in [0.2, 0.25) is 5.91 Å². The monoisotopic (exact) mass is 342 g/mol. The summed E-state index contributed by atoms with van der Waals surface area (Å²) in [6.45, 7) is 3.77. The molecule has 1 amide bonds. The number of carbonyl (C=O) groups is 1. The Kier molecular flexibility index (Phi) is 4.52. The summed E-state index contributed by atoms with van der Waals surface area (Å²) in [4.78, 5) is 15.9. The van der Waals surface area contributed by atoms with E-state index in [1.165, 1.54) is 29.5 Å². The third-order valence-electron chi connectivity index (χ3n) is 3.48. The van der Waals surface area contributed by atoms with Gasteiger partial charge in [0.05, 0.1) is 11.4 Å². The largest absolute Gasteiger partial charge is 0.298 e. The number of thiazole rings is 1. The number of halogens is 1. The van der Waals surface area contributed by atoms with Crippen molar-refractivity contribution < 1.29 is 9.18 Å². The van der Waals surface area contributed by atoms with Gasteiger partial charge in [0.25, 0.3) is 0 Å². The molecular formula is C17H15FN4OS. The third kappa shape index (κ3) is 3.41. The molecule has 24 heavy (non-hydrogen) atoms. The zero-order chi connectivity index (χ0) is 17.1. The van der Waals surface area contributed by atoms with Gasteiger partial charge in [0.1, 0.15) is 5.82 Å². The average Bonchev–Trinajstić information content (AvgIpc) is 3.15. The molecule has 0 radical (unpaired) electrons. The van der Waals surface area contributed by atoms with Crippen LogP contribution < -0.4 is 5.32 Å². The number of amides is 1. The van der Waals surface area contributed by atoms with Crippen molar-refractivity contribution in [3.63, 3.8) is 0 Å². The van der Waals surface area contributed by atoms with Crippen molar-refractivity contribution in [1.82, 2.24) is 14.8 Å². The normalized spacial score (nSPS) is 11.1. The summed E-state index contributed by atoms with van der Waals surface area (Å²) in [6, 6.07) is 6.11. The predicted molar refractivity (Wildman–Crippen MR) is 92.8 cm³/mol. The maximum absolute atomic E-state index is 13.1. The average molecular weight is 342 g/mol. The Balaban J connectivity index is 1.82. The standard InChI is InChI=1S/C17H15FN4OS/c1-11-15(7-8-16(23)20-17-19-9-10-24-17)12(2)22(21-11)14-5-3-13(18)4-6-14/h3-10H,1-2H3,(H,19,20,23)/b8-7+. The van der Waals surface area contributed by atoms with Crippen LogP contribution in [0.25, 0.3) is 11.8 Å². The van der Waals surface area contributed by atoms with E-state index in [1.54, 1.807) is 34.5 Å². The van der Waals surface area contributed by atoms with E-state index in [-0.39, 0.29) is 11.7 Å². The topological polar surface area (TPSA) is 59.8 Å². The van der Waals surface area contributed by atoms with Crippen molar-refractivity contribution in [3.8, 4) is 5.69 Å². The molecule has 0 aliphatic heterocycles. The summed E-state index contributed by atoms with van der Waals surface area (Å²) < 4.78 is 14.8.